The van der Waals surface area contributed by atoms with Crippen LogP contribution in [-0.4, -0.2) is 11.2 Å². The van der Waals surface area contributed by atoms with Gasteiger partial charge in [0.05, 0.1) is 21.5 Å². The van der Waals surface area contributed by atoms with Gasteiger partial charge in [0.1, 0.15) is 5.69 Å². The zero-order valence-electron chi connectivity index (χ0n) is 16.2. The average molecular weight is 379 g/mol. The summed E-state index contributed by atoms with van der Waals surface area (Å²) in [4.78, 5) is 9.36. The molecule has 2 aromatic carbocycles. The molecule has 0 spiro atoms. The summed E-state index contributed by atoms with van der Waals surface area (Å²) < 4.78 is 6.69. The molecule has 0 fully saturated rings. The van der Waals surface area contributed by atoms with Crippen LogP contribution in [-0.2, 0) is 12.8 Å². The van der Waals surface area contributed by atoms with E-state index in [1.807, 2.05) is 41.8 Å². The Morgan fingerprint density at radius 3 is 2.74 bits per heavy atom. The van der Waals surface area contributed by atoms with Crippen LogP contribution in [0.15, 0.2) is 60.3 Å². The fourth-order valence-electron chi connectivity index (χ4n) is 2.97. The Morgan fingerprint density at radius 2 is 1.96 bits per heavy atom. The second-order valence-electron chi connectivity index (χ2n) is 7.22. The minimum absolute atomic E-state index is 0.322. The van der Waals surface area contributed by atoms with Gasteiger partial charge in [-0.05, 0) is 48.1 Å². The van der Waals surface area contributed by atoms with Crippen molar-refractivity contribution >= 4 is 33.5 Å². The number of hydrogen-bond acceptors (Lipinski definition) is 4. The van der Waals surface area contributed by atoms with Gasteiger partial charge in [0.15, 0.2) is 5.75 Å². The maximum Gasteiger partial charge on any atom is 0.152 e. The zero-order chi connectivity index (χ0) is 19.2. The molecule has 0 amide bonds. The number of aliphatic imine (C=N–C) groups is 1. The van der Waals surface area contributed by atoms with E-state index >= 15 is 0 Å². The molecule has 1 atom stereocenters. The number of nitrogens with zero attached hydrogens (tertiary/aromatic N) is 2. The molecule has 0 aliphatic carbocycles. The Kier molecular flexibility index (Phi) is 6.40. The number of rotatable bonds is 8. The highest BCUT2D eigenvalue weighted by atomic mass is 32.1. The van der Waals surface area contributed by atoms with E-state index in [4.69, 9.17) is 9.72 Å². The summed E-state index contributed by atoms with van der Waals surface area (Å²) in [6.07, 6.45) is 5.41. The van der Waals surface area contributed by atoms with Gasteiger partial charge in [-0.15, -0.1) is 11.3 Å². The Hall–Kier alpha value is -2.46. The number of para-hydroxylation sites is 2. The highest BCUT2D eigenvalue weighted by molar-refractivity contribution is 7.18. The number of hydrogen-bond donors (Lipinski definition) is 0. The van der Waals surface area contributed by atoms with Gasteiger partial charge in [-0.3, -0.25) is 4.99 Å². The Morgan fingerprint density at radius 1 is 1.15 bits per heavy atom. The van der Waals surface area contributed by atoms with Crippen molar-refractivity contribution in [3.05, 3.63) is 65.9 Å². The lowest BCUT2D eigenvalue weighted by Gasteiger charge is -2.07. The standard InChI is InChI=1S/C23H26N2OS/c1-5-26-21-9-7-6-8-19(21)24-15-17(4)13-18-10-11-20-22(14-18)27-23(25-20)12-16(2)3/h5-11,14-17H,1,12-13H2,2-4H3. The first kappa shape index (κ1) is 19.3. The van der Waals surface area contributed by atoms with Gasteiger partial charge < -0.3 is 4.74 Å². The lowest BCUT2D eigenvalue weighted by Crippen LogP contribution is -2.00. The molecule has 1 aromatic heterocycles. The fraction of sp³-hybridized carbons (Fsp3) is 0.304. The SMILES string of the molecule is C=COc1ccccc1N=CC(C)Cc1ccc2nc(CC(C)C)sc2c1. The van der Waals surface area contributed by atoms with Crippen molar-refractivity contribution in [1.29, 1.82) is 0 Å². The van der Waals surface area contributed by atoms with E-state index in [0.29, 0.717) is 11.8 Å². The number of benzene rings is 2. The van der Waals surface area contributed by atoms with Crippen molar-refractivity contribution < 1.29 is 4.74 Å². The summed E-state index contributed by atoms with van der Waals surface area (Å²) in [6.45, 7) is 10.3. The Bertz CT molecular complexity index is 942. The predicted octanol–water partition coefficient (Wildman–Crippen LogP) is 6.60. The molecule has 140 valence electrons. The van der Waals surface area contributed by atoms with Crippen LogP contribution >= 0.6 is 11.3 Å². The molecule has 0 bridgehead atoms. The van der Waals surface area contributed by atoms with Crippen LogP contribution in [0.2, 0.25) is 0 Å². The maximum absolute atomic E-state index is 5.41. The lowest BCUT2D eigenvalue weighted by molar-refractivity contribution is 0.485. The first-order chi connectivity index (χ1) is 13.0. The highest BCUT2D eigenvalue weighted by Gasteiger charge is 2.08. The van der Waals surface area contributed by atoms with Crippen molar-refractivity contribution in [1.82, 2.24) is 4.98 Å². The summed E-state index contributed by atoms with van der Waals surface area (Å²) in [6, 6.07) is 14.3. The van der Waals surface area contributed by atoms with Gasteiger partial charge >= 0.3 is 0 Å². The smallest absolute Gasteiger partial charge is 0.152 e. The van der Waals surface area contributed by atoms with E-state index in [-0.39, 0.29) is 0 Å². The first-order valence-electron chi connectivity index (χ1n) is 9.34. The molecule has 0 saturated carbocycles. The third kappa shape index (κ3) is 5.27. The van der Waals surface area contributed by atoms with Crippen molar-refractivity contribution in [2.24, 2.45) is 16.8 Å². The van der Waals surface area contributed by atoms with E-state index in [9.17, 15) is 0 Å². The van der Waals surface area contributed by atoms with Crippen LogP contribution in [0, 0.1) is 11.8 Å². The molecule has 0 aliphatic rings. The molecule has 0 radical (unpaired) electrons. The highest BCUT2D eigenvalue weighted by Crippen LogP contribution is 2.28. The van der Waals surface area contributed by atoms with Crippen LogP contribution in [0.3, 0.4) is 0 Å². The third-order valence-corrected chi connectivity index (χ3v) is 5.22. The van der Waals surface area contributed by atoms with E-state index in [0.717, 1.165) is 29.8 Å². The van der Waals surface area contributed by atoms with Crippen molar-refractivity contribution in [2.75, 3.05) is 0 Å². The van der Waals surface area contributed by atoms with Gasteiger partial charge in [-0.2, -0.15) is 0 Å². The lowest BCUT2D eigenvalue weighted by atomic mass is 10.0. The second-order valence-corrected chi connectivity index (χ2v) is 8.33. The summed E-state index contributed by atoms with van der Waals surface area (Å²) in [5.41, 5.74) is 3.24. The van der Waals surface area contributed by atoms with Gasteiger partial charge in [0.25, 0.3) is 0 Å². The summed E-state index contributed by atoms with van der Waals surface area (Å²) in [5.74, 6) is 1.68. The molecule has 1 heterocycles. The van der Waals surface area contributed by atoms with Crippen LogP contribution in [0.25, 0.3) is 10.2 Å². The largest absolute Gasteiger partial charge is 0.463 e. The van der Waals surface area contributed by atoms with Gasteiger partial charge in [0, 0.05) is 12.6 Å². The van der Waals surface area contributed by atoms with Crippen molar-refractivity contribution in [2.45, 2.75) is 33.6 Å². The van der Waals surface area contributed by atoms with Crippen LogP contribution in [0.1, 0.15) is 31.3 Å². The molecular weight excluding hydrogens is 352 g/mol. The molecule has 1 unspecified atom stereocenters. The third-order valence-electron chi connectivity index (χ3n) is 4.18. The summed E-state index contributed by atoms with van der Waals surface area (Å²) >= 11 is 1.81. The van der Waals surface area contributed by atoms with E-state index in [2.05, 4.69) is 50.5 Å². The van der Waals surface area contributed by atoms with Crippen molar-refractivity contribution in [3.63, 3.8) is 0 Å². The molecule has 4 heteroatoms. The first-order valence-corrected chi connectivity index (χ1v) is 10.2. The van der Waals surface area contributed by atoms with Crippen molar-refractivity contribution in [3.8, 4) is 5.75 Å². The van der Waals surface area contributed by atoms with Crippen LogP contribution in [0.4, 0.5) is 5.69 Å². The number of fused-ring (bicyclic) bond motifs is 1. The Balaban J connectivity index is 1.70. The van der Waals surface area contributed by atoms with Crippen LogP contribution < -0.4 is 4.74 Å². The minimum atomic E-state index is 0.322. The predicted molar refractivity (Wildman–Crippen MR) is 116 cm³/mol. The van der Waals surface area contributed by atoms with E-state index in [1.165, 1.54) is 21.5 Å². The molecule has 3 aromatic rings. The molecule has 27 heavy (non-hydrogen) atoms. The Labute approximate surface area is 165 Å². The van der Waals surface area contributed by atoms with E-state index < -0.39 is 0 Å². The summed E-state index contributed by atoms with van der Waals surface area (Å²) in [7, 11) is 0. The van der Waals surface area contributed by atoms with E-state index in [1.54, 1.807) is 0 Å². The summed E-state index contributed by atoms with van der Waals surface area (Å²) in [5, 5.41) is 1.23. The molecular formula is C23H26N2OS. The normalized spacial score (nSPS) is 12.7. The quantitative estimate of drug-likeness (QED) is 0.327. The number of ether oxygens (including phenoxy) is 1. The monoisotopic (exact) mass is 378 g/mol. The minimum Gasteiger partial charge on any atom is -0.463 e. The number of thiazole rings is 1. The van der Waals surface area contributed by atoms with Crippen LogP contribution in [0.5, 0.6) is 5.75 Å². The molecule has 0 aliphatic heterocycles. The fourth-order valence-corrected chi connectivity index (χ4v) is 4.21. The zero-order valence-corrected chi connectivity index (χ0v) is 17.0. The average Bonchev–Trinajstić information content (AvgIpc) is 3.02. The molecule has 0 saturated heterocycles. The molecule has 3 nitrogen and oxygen atoms in total. The van der Waals surface area contributed by atoms with Gasteiger partial charge in [0.2, 0.25) is 0 Å². The topological polar surface area (TPSA) is 34.5 Å². The van der Waals surface area contributed by atoms with Gasteiger partial charge in [-0.1, -0.05) is 45.5 Å². The molecule has 3 rings (SSSR count). The molecule has 0 N–H and O–H groups in total. The maximum atomic E-state index is 5.41. The second kappa shape index (κ2) is 8.96. The van der Waals surface area contributed by atoms with Gasteiger partial charge in [-0.25, -0.2) is 4.98 Å². The number of aromatic nitrogens is 1.